The van der Waals surface area contributed by atoms with Crippen LogP contribution >= 0.6 is 23.2 Å². The fourth-order valence-corrected chi connectivity index (χ4v) is 1.41. The van der Waals surface area contributed by atoms with Crippen molar-refractivity contribution in [2.75, 3.05) is 12.8 Å². The molecule has 0 aliphatic carbocycles. The Morgan fingerprint density at radius 1 is 1.50 bits per heavy atom. The summed E-state index contributed by atoms with van der Waals surface area (Å²) in [5.41, 5.74) is 8.05. The fourth-order valence-electron chi connectivity index (χ4n) is 0.920. The quantitative estimate of drug-likeness (QED) is 0.607. The van der Waals surface area contributed by atoms with Crippen LogP contribution in [0.4, 0.5) is 5.69 Å². The second kappa shape index (κ2) is 4.50. The highest BCUT2D eigenvalue weighted by atomic mass is 35.5. The summed E-state index contributed by atoms with van der Waals surface area (Å²) in [6, 6.07) is 2.87. The van der Waals surface area contributed by atoms with E-state index in [0.717, 1.165) is 0 Å². The first-order valence-electron chi connectivity index (χ1n) is 3.64. The van der Waals surface area contributed by atoms with E-state index in [9.17, 15) is 4.79 Å². The van der Waals surface area contributed by atoms with Crippen LogP contribution in [-0.2, 0) is 4.84 Å². The van der Waals surface area contributed by atoms with Crippen LogP contribution in [-0.4, -0.2) is 13.0 Å². The zero-order chi connectivity index (χ0) is 10.7. The van der Waals surface area contributed by atoms with Crippen molar-refractivity contribution in [1.29, 1.82) is 0 Å². The topological polar surface area (TPSA) is 64.3 Å². The molecule has 76 valence electrons. The van der Waals surface area contributed by atoms with Gasteiger partial charge in [0, 0.05) is 5.02 Å². The molecule has 14 heavy (non-hydrogen) atoms. The standard InChI is InChI=1S/C8H8Cl2N2O2/c1-14-12-8(13)5-2-4(9)3-6(10)7(5)11/h2-3H,11H2,1H3,(H,12,13). The Bertz CT molecular complexity index is 369. The molecule has 0 saturated heterocycles. The van der Waals surface area contributed by atoms with Gasteiger partial charge in [0.1, 0.15) is 0 Å². The summed E-state index contributed by atoms with van der Waals surface area (Å²) in [5, 5.41) is 0.573. The van der Waals surface area contributed by atoms with E-state index in [1.54, 1.807) is 0 Å². The molecule has 0 fully saturated rings. The molecule has 1 aromatic carbocycles. The number of carbonyl (C=O) groups is 1. The second-order valence-corrected chi connectivity index (χ2v) is 3.33. The van der Waals surface area contributed by atoms with Crippen LogP contribution in [0.5, 0.6) is 0 Å². The maximum atomic E-state index is 11.3. The molecule has 4 nitrogen and oxygen atoms in total. The van der Waals surface area contributed by atoms with Gasteiger partial charge in [0.05, 0.1) is 23.4 Å². The van der Waals surface area contributed by atoms with E-state index in [-0.39, 0.29) is 16.3 Å². The number of rotatable bonds is 2. The number of nitrogens with one attached hydrogen (secondary N) is 1. The minimum absolute atomic E-state index is 0.172. The van der Waals surface area contributed by atoms with E-state index in [2.05, 4.69) is 10.3 Å². The molecule has 1 rings (SSSR count). The molecule has 1 amide bonds. The van der Waals surface area contributed by atoms with Crippen molar-refractivity contribution in [3.8, 4) is 0 Å². The van der Waals surface area contributed by atoms with Gasteiger partial charge in [0.15, 0.2) is 0 Å². The number of benzene rings is 1. The number of anilines is 1. The molecule has 0 aliphatic rings. The Morgan fingerprint density at radius 2 is 2.14 bits per heavy atom. The van der Waals surface area contributed by atoms with E-state index in [1.807, 2.05) is 0 Å². The molecule has 0 aromatic heterocycles. The number of halogens is 2. The number of nitrogens with two attached hydrogens (primary N) is 1. The van der Waals surface area contributed by atoms with Gasteiger partial charge in [0.25, 0.3) is 5.91 Å². The molecule has 0 unspecified atom stereocenters. The molecule has 0 radical (unpaired) electrons. The molecule has 0 aliphatic heterocycles. The van der Waals surface area contributed by atoms with Crippen LogP contribution < -0.4 is 11.2 Å². The second-order valence-electron chi connectivity index (χ2n) is 2.48. The number of hydroxylamine groups is 1. The number of carbonyl (C=O) groups excluding carboxylic acids is 1. The maximum Gasteiger partial charge on any atom is 0.277 e. The summed E-state index contributed by atoms with van der Waals surface area (Å²) in [6.07, 6.45) is 0. The largest absolute Gasteiger partial charge is 0.397 e. The van der Waals surface area contributed by atoms with Crippen LogP contribution in [0.1, 0.15) is 10.4 Å². The van der Waals surface area contributed by atoms with Gasteiger partial charge < -0.3 is 5.73 Å². The fraction of sp³-hybridized carbons (Fsp3) is 0.125. The lowest BCUT2D eigenvalue weighted by Crippen LogP contribution is -2.23. The minimum atomic E-state index is -0.491. The van der Waals surface area contributed by atoms with Crippen molar-refractivity contribution in [1.82, 2.24) is 5.48 Å². The zero-order valence-electron chi connectivity index (χ0n) is 7.30. The Kier molecular flexibility index (Phi) is 3.57. The predicted molar refractivity (Wildman–Crippen MR) is 55.3 cm³/mol. The molecular weight excluding hydrogens is 227 g/mol. The Balaban J connectivity index is 3.13. The van der Waals surface area contributed by atoms with Gasteiger partial charge in [-0.15, -0.1) is 0 Å². The summed E-state index contributed by atoms with van der Waals surface area (Å²) in [5.74, 6) is -0.491. The maximum absolute atomic E-state index is 11.3. The van der Waals surface area contributed by atoms with E-state index in [0.29, 0.717) is 5.02 Å². The molecule has 0 spiro atoms. The molecule has 3 N–H and O–H groups in total. The van der Waals surface area contributed by atoms with Crippen LogP contribution in [0, 0.1) is 0 Å². The number of hydrogen-bond acceptors (Lipinski definition) is 3. The first kappa shape index (κ1) is 11.1. The van der Waals surface area contributed by atoms with E-state index < -0.39 is 5.91 Å². The lowest BCUT2D eigenvalue weighted by Gasteiger charge is -2.07. The highest BCUT2D eigenvalue weighted by Crippen LogP contribution is 2.27. The first-order valence-corrected chi connectivity index (χ1v) is 4.39. The Morgan fingerprint density at radius 3 is 2.71 bits per heavy atom. The summed E-state index contributed by atoms with van der Waals surface area (Å²) in [4.78, 5) is 15.8. The van der Waals surface area contributed by atoms with Gasteiger partial charge in [-0.25, -0.2) is 5.48 Å². The minimum Gasteiger partial charge on any atom is -0.397 e. The third-order valence-electron chi connectivity index (χ3n) is 1.53. The van der Waals surface area contributed by atoms with E-state index in [4.69, 9.17) is 28.9 Å². The Labute approximate surface area is 90.9 Å². The molecular formula is C8H8Cl2N2O2. The normalized spacial score (nSPS) is 9.93. The van der Waals surface area contributed by atoms with Gasteiger partial charge in [-0.05, 0) is 12.1 Å². The zero-order valence-corrected chi connectivity index (χ0v) is 8.82. The first-order chi connectivity index (χ1) is 6.56. The predicted octanol–water partition coefficient (Wildman–Crippen LogP) is 1.87. The van der Waals surface area contributed by atoms with Crippen LogP contribution in [0.2, 0.25) is 10.0 Å². The molecule has 0 heterocycles. The van der Waals surface area contributed by atoms with Crippen molar-refractivity contribution >= 4 is 34.8 Å². The van der Waals surface area contributed by atoms with Crippen LogP contribution in [0.3, 0.4) is 0 Å². The van der Waals surface area contributed by atoms with Gasteiger partial charge >= 0.3 is 0 Å². The van der Waals surface area contributed by atoms with Gasteiger partial charge in [-0.2, -0.15) is 0 Å². The highest BCUT2D eigenvalue weighted by Gasteiger charge is 2.13. The number of nitrogen functional groups attached to an aromatic ring is 1. The van der Waals surface area contributed by atoms with Crippen molar-refractivity contribution < 1.29 is 9.63 Å². The highest BCUT2D eigenvalue weighted by molar-refractivity contribution is 6.37. The van der Waals surface area contributed by atoms with Crippen molar-refractivity contribution in [2.45, 2.75) is 0 Å². The van der Waals surface area contributed by atoms with Crippen molar-refractivity contribution in [2.24, 2.45) is 0 Å². The molecule has 0 saturated carbocycles. The lowest BCUT2D eigenvalue weighted by atomic mass is 10.2. The summed E-state index contributed by atoms with van der Waals surface area (Å²) in [7, 11) is 1.32. The number of amides is 1. The summed E-state index contributed by atoms with van der Waals surface area (Å²) >= 11 is 11.4. The van der Waals surface area contributed by atoms with Crippen molar-refractivity contribution in [3.63, 3.8) is 0 Å². The molecule has 1 aromatic rings. The van der Waals surface area contributed by atoms with Gasteiger partial charge in [-0.1, -0.05) is 23.2 Å². The molecule has 0 bridgehead atoms. The average molecular weight is 235 g/mol. The molecule has 0 atom stereocenters. The Hall–Kier alpha value is -0.970. The van der Waals surface area contributed by atoms with Gasteiger partial charge in [0.2, 0.25) is 0 Å². The average Bonchev–Trinajstić information content (AvgIpc) is 2.11. The third kappa shape index (κ3) is 2.29. The van der Waals surface area contributed by atoms with Crippen LogP contribution in [0.25, 0.3) is 0 Å². The number of hydrogen-bond donors (Lipinski definition) is 2. The SMILES string of the molecule is CONC(=O)c1cc(Cl)cc(Cl)c1N. The third-order valence-corrected chi connectivity index (χ3v) is 2.06. The van der Waals surface area contributed by atoms with Gasteiger partial charge in [-0.3, -0.25) is 9.63 Å². The van der Waals surface area contributed by atoms with Crippen molar-refractivity contribution in [3.05, 3.63) is 27.7 Å². The summed E-state index contributed by atoms with van der Waals surface area (Å²) < 4.78 is 0. The van der Waals surface area contributed by atoms with E-state index in [1.165, 1.54) is 19.2 Å². The van der Waals surface area contributed by atoms with Crippen LogP contribution in [0.15, 0.2) is 12.1 Å². The lowest BCUT2D eigenvalue weighted by molar-refractivity contribution is 0.0538. The summed E-state index contributed by atoms with van der Waals surface area (Å²) in [6.45, 7) is 0. The monoisotopic (exact) mass is 234 g/mol. The van der Waals surface area contributed by atoms with E-state index >= 15 is 0 Å². The molecule has 6 heteroatoms. The smallest absolute Gasteiger partial charge is 0.277 e.